The summed E-state index contributed by atoms with van der Waals surface area (Å²) >= 11 is 7.26. The molecule has 1 aromatic heterocycles. The third-order valence-corrected chi connectivity index (χ3v) is 6.52. The van der Waals surface area contributed by atoms with Crippen molar-refractivity contribution in [2.75, 3.05) is 5.32 Å². The van der Waals surface area contributed by atoms with Gasteiger partial charge in [0.1, 0.15) is 0 Å². The minimum atomic E-state index is -0.500. The van der Waals surface area contributed by atoms with Gasteiger partial charge in [0.25, 0.3) is 5.56 Å². The van der Waals surface area contributed by atoms with Crippen LogP contribution < -0.4 is 10.9 Å². The molecule has 0 aliphatic heterocycles. The Balaban J connectivity index is 1.74. The normalized spacial score (nSPS) is 12.0. The van der Waals surface area contributed by atoms with E-state index in [-0.39, 0.29) is 11.5 Å². The highest BCUT2D eigenvalue weighted by molar-refractivity contribution is 8.00. The van der Waals surface area contributed by atoms with Crippen LogP contribution in [0.15, 0.2) is 76.7 Å². The molecular weight excluding hydrogens is 442 g/mol. The van der Waals surface area contributed by atoms with Crippen LogP contribution in [-0.2, 0) is 4.79 Å². The third-order valence-electron chi connectivity index (χ3n) is 5.24. The number of thioether (sulfide) groups is 1. The third kappa shape index (κ3) is 4.56. The van der Waals surface area contributed by atoms with E-state index in [1.54, 1.807) is 41.8 Å². The first kappa shape index (κ1) is 22.1. The summed E-state index contributed by atoms with van der Waals surface area (Å²) in [5, 5.41) is 3.91. The highest BCUT2D eigenvalue weighted by Crippen LogP contribution is 2.27. The van der Waals surface area contributed by atoms with Crippen molar-refractivity contribution in [1.29, 1.82) is 0 Å². The highest BCUT2D eigenvalue weighted by Gasteiger charge is 2.20. The number of rotatable bonds is 5. The van der Waals surface area contributed by atoms with Gasteiger partial charge in [-0.2, -0.15) is 0 Å². The number of amides is 1. The zero-order chi connectivity index (χ0) is 22.8. The number of halogens is 1. The molecule has 1 amide bonds. The Kier molecular flexibility index (Phi) is 6.35. The summed E-state index contributed by atoms with van der Waals surface area (Å²) in [7, 11) is 0. The largest absolute Gasteiger partial charge is 0.325 e. The zero-order valence-electron chi connectivity index (χ0n) is 17.9. The summed E-state index contributed by atoms with van der Waals surface area (Å²) in [6, 6.07) is 20.1. The lowest BCUT2D eigenvalue weighted by molar-refractivity contribution is -0.115. The molecule has 0 radical (unpaired) electrons. The molecule has 3 aromatic carbocycles. The molecule has 0 fully saturated rings. The minimum Gasteiger partial charge on any atom is -0.325 e. The van der Waals surface area contributed by atoms with Gasteiger partial charge in [-0.3, -0.25) is 14.2 Å². The molecule has 1 atom stereocenters. The standard InChI is InChI=1S/C25H22ClN3O2S/c1-15-11-12-20(13-16(15)2)29-24(31)21-9-4-5-10-22(21)28-25(29)32-17(3)23(30)27-19-8-6-7-18(26)14-19/h4-14,17H,1-3H3,(H,27,30). The van der Waals surface area contributed by atoms with Crippen LogP contribution >= 0.6 is 23.4 Å². The van der Waals surface area contributed by atoms with E-state index < -0.39 is 5.25 Å². The fourth-order valence-electron chi connectivity index (χ4n) is 3.31. The second-order valence-electron chi connectivity index (χ2n) is 7.58. The van der Waals surface area contributed by atoms with E-state index in [2.05, 4.69) is 5.32 Å². The molecule has 5 nitrogen and oxygen atoms in total. The van der Waals surface area contributed by atoms with Crippen LogP contribution in [0.1, 0.15) is 18.1 Å². The Hall–Kier alpha value is -3.09. The van der Waals surface area contributed by atoms with Crippen molar-refractivity contribution in [3.05, 3.63) is 93.2 Å². The van der Waals surface area contributed by atoms with Crippen LogP contribution in [0.5, 0.6) is 0 Å². The van der Waals surface area contributed by atoms with Gasteiger partial charge >= 0.3 is 0 Å². The molecule has 4 aromatic rings. The maximum Gasteiger partial charge on any atom is 0.266 e. The fourth-order valence-corrected chi connectivity index (χ4v) is 4.42. The number of fused-ring (bicyclic) bond motifs is 1. The van der Waals surface area contributed by atoms with Gasteiger partial charge in [0.2, 0.25) is 5.91 Å². The number of hydrogen-bond donors (Lipinski definition) is 1. The van der Waals surface area contributed by atoms with Crippen LogP contribution in [0.3, 0.4) is 0 Å². The molecule has 0 aliphatic rings. The van der Waals surface area contributed by atoms with E-state index >= 15 is 0 Å². The average molecular weight is 464 g/mol. The van der Waals surface area contributed by atoms with E-state index in [0.29, 0.717) is 26.8 Å². The molecule has 162 valence electrons. The molecule has 0 spiro atoms. The smallest absolute Gasteiger partial charge is 0.266 e. The minimum absolute atomic E-state index is 0.163. The highest BCUT2D eigenvalue weighted by atomic mass is 35.5. The number of para-hydroxylation sites is 1. The summed E-state index contributed by atoms with van der Waals surface area (Å²) in [5.41, 5.74) is 3.99. The Morgan fingerprint density at radius 2 is 1.81 bits per heavy atom. The lowest BCUT2D eigenvalue weighted by Crippen LogP contribution is -2.26. The van der Waals surface area contributed by atoms with Gasteiger partial charge < -0.3 is 5.32 Å². The molecule has 0 saturated carbocycles. The summed E-state index contributed by atoms with van der Waals surface area (Å²) < 4.78 is 1.59. The van der Waals surface area contributed by atoms with Crippen LogP contribution in [-0.4, -0.2) is 20.7 Å². The first-order valence-corrected chi connectivity index (χ1v) is 11.4. The molecule has 7 heteroatoms. The second-order valence-corrected chi connectivity index (χ2v) is 9.32. The molecule has 32 heavy (non-hydrogen) atoms. The number of hydrogen-bond acceptors (Lipinski definition) is 4. The maximum atomic E-state index is 13.4. The van der Waals surface area contributed by atoms with E-state index in [4.69, 9.17) is 16.6 Å². The molecule has 4 rings (SSSR count). The molecule has 1 heterocycles. The molecule has 1 N–H and O–H groups in total. The van der Waals surface area contributed by atoms with Crippen molar-refractivity contribution in [3.63, 3.8) is 0 Å². The Bertz CT molecular complexity index is 1380. The summed E-state index contributed by atoms with van der Waals surface area (Å²) in [6.45, 7) is 5.82. The van der Waals surface area contributed by atoms with Crippen LogP contribution in [0.4, 0.5) is 5.69 Å². The average Bonchev–Trinajstić information content (AvgIpc) is 2.76. The van der Waals surface area contributed by atoms with Crippen molar-refractivity contribution in [2.45, 2.75) is 31.2 Å². The molecular formula is C25H22ClN3O2S. The SMILES string of the molecule is Cc1ccc(-n2c(SC(C)C(=O)Nc3cccc(Cl)c3)nc3ccccc3c2=O)cc1C. The predicted molar refractivity (Wildman–Crippen MR) is 132 cm³/mol. The van der Waals surface area contributed by atoms with E-state index in [9.17, 15) is 9.59 Å². The Morgan fingerprint density at radius 1 is 1.03 bits per heavy atom. The number of carbonyl (C=O) groups is 1. The fraction of sp³-hybridized carbons (Fsp3) is 0.160. The van der Waals surface area contributed by atoms with E-state index in [0.717, 1.165) is 16.8 Å². The number of aromatic nitrogens is 2. The monoisotopic (exact) mass is 463 g/mol. The van der Waals surface area contributed by atoms with Crippen LogP contribution in [0, 0.1) is 13.8 Å². The van der Waals surface area contributed by atoms with Crippen molar-refractivity contribution in [2.24, 2.45) is 0 Å². The quantitative estimate of drug-likeness (QED) is 0.301. The van der Waals surface area contributed by atoms with Gasteiger partial charge in [0.05, 0.1) is 21.8 Å². The molecule has 0 saturated heterocycles. The Morgan fingerprint density at radius 3 is 2.56 bits per heavy atom. The number of nitrogens with one attached hydrogen (secondary N) is 1. The number of carbonyl (C=O) groups excluding carboxylic acids is 1. The van der Waals surface area contributed by atoms with Crippen molar-refractivity contribution in [3.8, 4) is 5.69 Å². The maximum absolute atomic E-state index is 13.4. The Labute approximate surface area is 195 Å². The summed E-state index contributed by atoms with van der Waals surface area (Å²) in [4.78, 5) is 31.0. The van der Waals surface area contributed by atoms with E-state index in [1.807, 2.05) is 50.2 Å². The number of nitrogens with zero attached hydrogens (tertiary/aromatic N) is 2. The summed E-state index contributed by atoms with van der Waals surface area (Å²) in [6.07, 6.45) is 0. The molecule has 1 unspecified atom stereocenters. The number of anilines is 1. The van der Waals surface area contributed by atoms with Gasteiger partial charge in [0.15, 0.2) is 5.16 Å². The number of benzene rings is 3. The van der Waals surface area contributed by atoms with Crippen molar-refractivity contribution in [1.82, 2.24) is 9.55 Å². The van der Waals surface area contributed by atoms with Crippen LogP contribution in [0.25, 0.3) is 16.6 Å². The van der Waals surface area contributed by atoms with Gasteiger partial charge in [-0.1, -0.05) is 47.6 Å². The first-order chi connectivity index (χ1) is 15.3. The topological polar surface area (TPSA) is 64.0 Å². The molecule has 0 aliphatic carbocycles. The van der Waals surface area contributed by atoms with Gasteiger partial charge in [-0.15, -0.1) is 0 Å². The lowest BCUT2D eigenvalue weighted by Gasteiger charge is -2.17. The zero-order valence-corrected chi connectivity index (χ0v) is 19.5. The van der Waals surface area contributed by atoms with Gasteiger partial charge in [-0.05, 0) is 74.4 Å². The van der Waals surface area contributed by atoms with Crippen molar-refractivity contribution < 1.29 is 4.79 Å². The molecule has 0 bridgehead atoms. The summed E-state index contributed by atoms with van der Waals surface area (Å²) in [5.74, 6) is -0.202. The van der Waals surface area contributed by atoms with E-state index in [1.165, 1.54) is 11.8 Å². The predicted octanol–water partition coefficient (Wildman–Crippen LogP) is 5.78. The van der Waals surface area contributed by atoms with Gasteiger partial charge in [0, 0.05) is 10.7 Å². The first-order valence-electron chi connectivity index (χ1n) is 10.2. The van der Waals surface area contributed by atoms with Gasteiger partial charge in [-0.25, -0.2) is 4.98 Å². The van der Waals surface area contributed by atoms with Crippen molar-refractivity contribution >= 4 is 45.9 Å². The lowest BCUT2D eigenvalue weighted by atomic mass is 10.1. The van der Waals surface area contributed by atoms with Crippen LogP contribution in [0.2, 0.25) is 5.02 Å². The number of aryl methyl sites for hydroxylation is 2. The second kappa shape index (κ2) is 9.18.